The first kappa shape index (κ1) is 28.5. The molecular formula is C34H25O7S-. The maximum absolute atomic E-state index is 12.6. The second-order valence-electron chi connectivity index (χ2n) is 9.42. The average molecular weight is 578 g/mol. The van der Waals surface area contributed by atoms with Gasteiger partial charge in [0.15, 0.2) is 11.6 Å². The lowest BCUT2D eigenvalue weighted by Crippen LogP contribution is -2.06. The van der Waals surface area contributed by atoms with Gasteiger partial charge in [-0.2, -0.15) is 0 Å². The molecular weight excluding hydrogens is 552 g/mol. The third-order valence-electron chi connectivity index (χ3n) is 6.49. The van der Waals surface area contributed by atoms with E-state index in [-0.39, 0.29) is 36.3 Å². The summed E-state index contributed by atoms with van der Waals surface area (Å²) in [5, 5.41) is 0. The number of benzene rings is 5. The molecule has 0 amide bonds. The van der Waals surface area contributed by atoms with Crippen molar-refractivity contribution < 1.29 is 32.0 Å². The van der Waals surface area contributed by atoms with Crippen LogP contribution in [-0.4, -0.2) is 24.5 Å². The molecule has 0 aliphatic carbocycles. The molecule has 8 heteroatoms. The van der Waals surface area contributed by atoms with Gasteiger partial charge in [-0.05, 0) is 23.3 Å². The zero-order chi connectivity index (χ0) is 29.5. The molecule has 0 N–H and O–H groups in total. The minimum atomic E-state index is -4.87. The van der Waals surface area contributed by atoms with Crippen LogP contribution in [0.25, 0.3) is 0 Å². The largest absolute Gasteiger partial charge is 0.744 e. The molecule has 42 heavy (non-hydrogen) atoms. The Morgan fingerprint density at radius 2 is 0.976 bits per heavy atom. The molecule has 0 unspecified atom stereocenters. The number of carbonyl (C=O) groups is 2. The highest BCUT2D eigenvalue weighted by atomic mass is 32.2. The smallest absolute Gasteiger partial charge is 0.193 e. The van der Waals surface area contributed by atoms with Gasteiger partial charge in [-0.25, -0.2) is 8.42 Å². The Labute approximate surface area is 243 Å². The Morgan fingerprint density at radius 3 is 1.43 bits per heavy atom. The van der Waals surface area contributed by atoms with E-state index in [4.69, 9.17) is 9.47 Å². The first-order valence-corrected chi connectivity index (χ1v) is 14.4. The van der Waals surface area contributed by atoms with Gasteiger partial charge in [-0.1, -0.05) is 109 Å². The van der Waals surface area contributed by atoms with Gasteiger partial charge in [0.25, 0.3) is 0 Å². The molecule has 0 aliphatic heterocycles. The normalized spacial score (nSPS) is 11.1. The molecule has 0 spiro atoms. The van der Waals surface area contributed by atoms with E-state index in [1.807, 2.05) is 12.1 Å². The van der Waals surface area contributed by atoms with Crippen molar-refractivity contribution in [2.45, 2.75) is 18.1 Å². The van der Waals surface area contributed by atoms with Gasteiger partial charge in [0.05, 0.1) is 4.90 Å². The molecule has 0 fully saturated rings. The summed E-state index contributed by atoms with van der Waals surface area (Å²) >= 11 is 0. The molecule has 7 nitrogen and oxygen atoms in total. The van der Waals surface area contributed by atoms with Crippen LogP contribution in [0.4, 0.5) is 0 Å². The Morgan fingerprint density at radius 1 is 0.548 bits per heavy atom. The molecule has 0 saturated carbocycles. The van der Waals surface area contributed by atoms with E-state index in [0.29, 0.717) is 27.8 Å². The third kappa shape index (κ3) is 6.98. The van der Waals surface area contributed by atoms with Gasteiger partial charge in [0.2, 0.25) is 0 Å². The Bertz CT molecular complexity index is 1800. The van der Waals surface area contributed by atoms with Crippen LogP contribution in [0.2, 0.25) is 0 Å². The fraction of sp³-hybridized carbons (Fsp3) is 0.0588. The first-order chi connectivity index (χ1) is 20.3. The van der Waals surface area contributed by atoms with Crippen LogP contribution >= 0.6 is 0 Å². The van der Waals surface area contributed by atoms with Crippen LogP contribution in [0.3, 0.4) is 0 Å². The summed E-state index contributed by atoms with van der Waals surface area (Å²) in [6, 6.07) is 35.5. The Kier molecular flexibility index (Phi) is 8.57. The summed E-state index contributed by atoms with van der Waals surface area (Å²) in [6.07, 6.45) is 0. The van der Waals surface area contributed by atoms with Crippen molar-refractivity contribution in [3.8, 4) is 11.5 Å². The van der Waals surface area contributed by atoms with E-state index in [0.717, 1.165) is 11.6 Å². The molecule has 0 aromatic heterocycles. The van der Waals surface area contributed by atoms with Crippen molar-refractivity contribution in [3.05, 3.63) is 161 Å². The number of carbonyl (C=O) groups excluding carboxylic acids is 2. The van der Waals surface area contributed by atoms with E-state index in [2.05, 4.69) is 0 Å². The lowest BCUT2D eigenvalue weighted by molar-refractivity contribution is 0.103. The molecule has 0 saturated heterocycles. The number of ketones is 2. The van der Waals surface area contributed by atoms with E-state index < -0.39 is 15.0 Å². The highest BCUT2D eigenvalue weighted by Crippen LogP contribution is 2.29. The molecule has 5 aromatic carbocycles. The molecule has 210 valence electrons. The van der Waals surface area contributed by atoms with Gasteiger partial charge in [-0.3, -0.25) is 9.59 Å². The maximum Gasteiger partial charge on any atom is 0.193 e. The molecule has 0 atom stereocenters. The number of hydrogen-bond acceptors (Lipinski definition) is 7. The van der Waals surface area contributed by atoms with E-state index >= 15 is 0 Å². The summed E-state index contributed by atoms with van der Waals surface area (Å²) < 4.78 is 47.4. The second kappa shape index (κ2) is 12.6. The van der Waals surface area contributed by atoms with Gasteiger partial charge in [-0.15, -0.1) is 0 Å². The lowest BCUT2D eigenvalue weighted by atomic mass is 10.0. The fourth-order valence-electron chi connectivity index (χ4n) is 4.24. The average Bonchev–Trinajstić information content (AvgIpc) is 3.03. The zero-order valence-electron chi connectivity index (χ0n) is 22.3. The van der Waals surface area contributed by atoms with Gasteiger partial charge >= 0.3 is 0 Å². The van der Waals surface area contributed by atoms with E-state index in [9.17, 15) is 22.6 Å². The van der Waals surface area contributed by atoms with Crippen molar-refractivity contribution in [1.82, 2.24) is 0 Å². The fourth-order valence-corrected chi connectivity index (χ4v) is 4.87. The zero-order valence-corrected chi connectivity index (χ0v) is 23.1. The number of hydrogen-bond donors (Lipinski definition) is 0. The maximum atomic E-state index is 12.6. The number of rotatable bonds is 11. The quantitative estimate of drug-likeness (QED) is 0.136. The lowest BCUT2D eigenvalue weighted by Gasteiger charge is -2.16. The summed E-state index contributed by atoms with van der Waals surface area (Å²) in [5.41, 5.74) is 3.63. The highest BCUT2D eigenvalue weighted by molar-refractivity contribution is 7.85. The predicted molar refractivity (Wildman–Crippen MR) is 156 cm³/mol. The van der Waals surface area contributed by atoms with Crippen molar-refractivity contribution in [2.75, 3.05) is 0 Å². The summed E-state index contributed by atoms with van der Waals surface area (Å²) in [7, 11) is -4.87. The monoisotopic (exact) mass is 577 g/mol. The molecule has 0 heterocycles. The Hall–Kier alpha value is -5.05. The summed E-state index contributed by atoms with van der Waals surface area (Å²) in [5.74, 6) is -0.147. The van der Waals surface area contributed by atoms with Gasteiger partial charge in [0.1, 0.15) is 34.8 Å². The van der Waals surface area contributed by atoms with Crippen LogP contribution < -0.4 is 9.47 Å². The molecule has 5 aromatic rings. The molecule has 5 rings (SSSR count). The van der Waals surface area contributed by atoms with Crippen molar-refractivity contribution in [1.29, 1.82) is 0 Å². The predicted octanol–water partition coefficient (Wildman–Crippen LogP) is 6.21. The molecule has 0 bridgehead atoms. The van der Waals surface area contributed by atoms with Crippen molar-refractivity contribution in [3.63, 3.8) is 0 Å². The van der Waals surface area contributed by atoms with Gasteiger partial charge < -0.3 is 14.0 Å². The van der Waals surface area contributed by atoms with Crippen LogP contribution in [0, 0.1) is 0 Å². The van der Waals surface area contributed by atoms with E-state index in [1.165, 1.54) is 12.1 Å². The Balaban J connectivity index is 1.22. The number of ether oxygens (including phenoxy) is 2. The van der Waals surface area contributed by atoms with Crippen molar-refractivity contribution in [2.24, 2.45) is 0 Å². The van der Waals surface area contributed by atoms with Crippen LogP contribution in [-0.2, 0) is 23.3 Å². The minimum absolute atomic E-state index is 0.0173. The standard InChI is InChI=1S/C34H26O7S/c35-33(26-7-3-1-4-8-26)28-15-11-24(12-16-28)22-40-30-19-20-31(32(21-30)42(37,38)39)41-23-25-13-17-29(18-14-25)34(36)27-9-5-2-6-10-27/h1-21H,22-23H2,(H,37,38,39)/p-1. The minimum Gasteiger partial charge on any atom is -0.744 e. The van der Waals surface area contributed by atoms with Gasteiger partial charge in [0, 0.05) is 28.3 Å². The highest BCUT2D eigenvalue weighted by Gasteiger charge is 2.14. The summed E-state index contributed by atoms with van der Waals surface area (Å²) in [6.45, 7) is 0.0724. The second-order valence-corrected chi connectivity index (χ2v) is 10.8. The third-order valence-corrected chi connectivity index (χ3v) is 7.35. The topological polar surface area (TPSA) is 110 Å². The van der Waals surface area contributed by atoms with Crippen LogP contribution in [0.5, 0.6) is 11.5 Å². The van der Waals surface area contributed by atoms with E-state index in [1.54, 1.807) is 97.1 Å². The van der Waals surface area contributed by atoms with Crippen molar-refractivity contribution >= 4 is 21.7 Å². The molecule has 0 aliphatic rings. The summed E-state index contributed by atoms with van der Waals surface area (Å²) in [4.78, 5) is 24.7. The van der Waals surface area contributed by atoms with Crippen LogP contribution in [0.15, 0.2) is 132 Å². The SMILES string of the molecule is O=C(c1ccccc1)c1ccc(COc2ccc(OCc3ccc(C(=O)c4ccccc4)cc3)c(S(=O)(=O)[O-])c2)cc1. The van der Waals surface area contributed by atoms with Crippen LogP contribution in [0.1, 0.15) is 43.0 Å². The molecule has 0 radical (unpaired) electrons. The first-order valence-electron chi connectivity index (χ1n) is 13.0.